The van der Waals surface area contributed by atoms with E-state index >= 15 is 0 Å². The topological polar surface area (TPSA) is 27.7 Å². The Labute approximate surface area is 186 Å². The summed E-state index contributed by atoms with van der Waals surface area (Å²) in [5.41, 5.74) is 4.98. The first-order chi connectivity index (χ1) is 15.3. The van der Waals surface area contributed by atoms with E-state index in [0.717, 1.165) is 38.0 Å². The lowest BCUT2D eigenvalue weighted by Gasteiger charge is -2.23. The normalized spacial score (nSPS) is 17.3. The van der Waals surface area contributed by atoms with Gasteiger partial charge >= 0.3 is 0 Å². The van der Waals surface area contributed by atoms with Crippen LogP contribution in [0.25, 0.3) is 11.1 Å². The molecule has 3 aromatic carbocycles. The van der Waals surface area contributed by atoms with Crippen molar-refractivity contribution in [1.29, 1.82) is 0 Å². The molecule has 1 aliphatic rings. The smallest absolute Gasteiger partial charge is 0.199 e. The van der Waals surface area contributed by atoms with Crippen LogP contribution in [0.15, 0.2) is 78.9 Å². The van der Waals surface area contributed by atoms with Gasteiger partial charge in [-0.1, -0.05) is 66.7 Å². The van der Waals surface area contributed by atoms with Crippen molar-refractivity contribution >= 4 is 0 Å². The maximum absolute atomic E-state index is 5.99. The largest absolute Gasteiger partial charge is 0.465 e. The van der Waals surface area contributed by atoms with E-state index in [1.165, 1.54) is 28.7 Å². The summed E-state index contributed by atoms with van der Waals surface area (Å²) >= 11 is 0. The molecule has 1 saturated heterocycles. The SMILES string of the molecule is CC(CCc1ccc(-c2ccc(OC3CCCCO3)cc2)cc1)OCc1ccccc1. The van der Waals surface area contributed by atoms with E-state index < -0.39 is 0 Å². The highest BCUT2D eigenvalue weighted by atomic mass is 16.7. The Balaban J connectivity index is 1.24. The average molecular weight is 417 g/mol. The summed E-state index contributed by atoms with van der Waals surface area (Å²) in [5, 5.41) is 0. The Bertz CT molecular complexity index is 897. The molecule has 31 heavy (non-hydrogen) atoms. The number of aryl methyl sites for hydroxylation is 1. The zero-order valence-corrected chi connectivity index (χ0v) is 18.3. The summed E-state index contributed by atoms with van der Waals surface area (Å²) in [4.78, 5) is 0. The third-order valence-electron chi connectivity index (χ3n) is 5.76. The van der Waals surface area contributed by atoms with Gasteiger partial charge in [-0.15, -0.1) is 0 Å². The highest BCUT2D eigenvalue weighted by molar-refractivity contribution is 5.64. The molecular formula is C28H32O3. The molecule has 0 spiro atoms. The number of hydrogen-bond donors (Lipinski definition) is 0. The second kappa shape index (κ2) is 11.1. The van der Waals surface area contributed by atoms with Crippen LogP contribution < -0.4 is 4.74 Å². The molecule has 0 aliphatic carbocycles. The quantitative estimate of drug-likeness (QED) is 0.384. The van der Waals surface area contributed by atoms with Gasteiger partial charge < -0.3 is 14.2 Å². The molecule has 1 aliphatic heterocycles. The molecule has 0 bridgehead atoms. The summed E-state index contributed by atoms with van der Waals surface area (Å²) in [6.07, 6.45) is 5.45. The van der Waals surface area contributed by atoms with Crippen molar-refractivity contribution in [3.05, 3.63) is 90.0 Å². The summed E-state index contributed by atoms with van der Waals surface area (Å²) in [6, 6.07) is 27.5. The number of ether oxygens (including phenoxy) is 3. The average Bonchev–Trinajstić information content (AvgIpc) is 2.84. The van der Waals surface area contributed by atoms with Gasteiger partial charge in [0.1, 0.15) is 5.75 Å². The highest BCUT2D eigenvalue weighted by Crippen LogP contribution is 2.25. The third kappa shape index (κ3) is 6.68. The van der Waals surface area contributed by atoms with Crippen molar-refractivity contribution in [1.82, 2.24) is 0 Å². The first-order valence-electron chi connectivity index (χ1n) is 11.4. The number of benzene rings is 3. The fraction of sp³-hybridized carbons (Fsp3) is 0.357. The standard InChI is InChI=1S/C28H32O3/c1-22(30-21-24-7-3-2-4-8-24)10-11-23-12-14-25(15-13-23)26-16-18-27(19-17-26)31-28-9-5-6-20-29-28/h2-4,7-8,12-19,22,28H,5-6,9-11,20-21H2,1H3. The van der Waals surface area contributed by atoms with Crippen molar-refractivity contribution < 1.29 is 14.2 Å². The third-order valence-corrected chi connectivity index (χ3v) is 5.76. The second-order valence-corrected chi connectivity index (χ2v) is 8.28. The molecule has 3 heteroatoms. The minimum atomic E-state index is -0.0991. The predicted octanol–water partition coefficient (Wildman–Crippen LogP) is 6.80. The number of rotatable bonds is 9. The maximum atomic E-state index is 5.99. The molecule has 0 saturated carbocycles. The van der Waals surface area contributed by atoms with Gasteiger partial charge in [0.15, 0.2) is 6.29 Å². The molecular weight excluding hydrogens is 384 g/mol. The predicted molar refractivity (Wildman–Crippen MR) is 125 cm³/mol. The van der Waals surface area contributed by atoms with E-state index in [2.05, 4.69) is 67.6 Å². The van der Waals surface area contributed by atoms with Crippen LogP contribution in [-0.2, 0) is 22.5 Å². The molecule has 1 fully saturated rings. The van der Waals surface area contributed by atoms with Crippen molar-refractivity contribution in [2.45, 2.75) is 58.0 Å². The van der Waals surface area contributed by atoms with E-state index in [1.54, 1.807) is 0 Å². The van der Waals surface area contributed by atoms with Gasteiger partial charge in [0.25, 0.3) is 0 Å². The van der Waals surface area contributed by atoms with E-state index in [1.807, 2.05) is 18.2 Å². The van der Waals surface area contributed by atoms with Crippen LogP contribution in [0.5, 0.6) is 5.75 Å². The minimum absolute atomic E-state index is 0.0991. The molecule has 0 amide bonds. The lowest BCUT2D eigenvalue weighted by molar-refractivity contribution is -0.105. The first-order valence-corrected chi connectivity index (χ1v) is 11.4. The molecule has 2 atom stereocenters. The van der Waals surface area contributed by atoms with E-state index in [-0.39, 0.29) is 12.4 Å². The van der Waals surface area contributed by atoms with Gasteiger partial charge in [0, 0.05) is 6.42 Å². The van der Waals surface area contributed by atoms with Crippen LogP contribution in [0.3, 0.4) is 0 Å². The lowest BCUT2D eigenvalue weighted by atomic mass is 10.0. The Morgan fingerprint density at radius 2 is 1.55 bits per heavy atom. The molecule has 3 nitrogen and oxygen atoms in total. The van der Waals surface area contributed by atoms with E-state index in [9.17, 15) is 0 Å². The fourth-order valence-electron chi connectivity index (χ4n) is 3.81. The van der Waals surface area contributed by atoms with Crippen LogP contribution in [0.1, 0.15) is 43.7 Å². The summed E-state index contributed by atoms with van der Waals surface area (Å²) in [7, 11) is 0. The van der Waals surface area contributed by atoms with Crippen LogP contribution >= 0.6 is 0 Å². The van der Waals surface area contributed by atoms with Gasteiger partial charge in [-0.2, -0.15) is 0 Å². The molecule has 1 heterocycles. The molecule has 3 aromatic rings. The van der Waals surface area contributed by atoms with Gasteiger partial charge in [-0.25, -0.2) is 0 Å². The van der Waals surface area contributed by atoms with Crippen molar-refractivity contribution in [3.63, 3.8) is 0 Å². The van der Waals surface area contributed by atoms with Crippen molar-refractivity contribution in [2.75, 3.05) is 6.61 Å². The second-order valence-electron chi connectivity index (χ2n) is 8.28. The van der Waals surface area contributed by atoms with E-state index in [4.69, 9.17) is 14.2 Å². The fourth-order valence-corrected chi connectivity index (χ4v) is 3.81. The Morgan fingerprint density at radius 3 is 2.23 bits per heavy atom. The zero-order valence-electron chi connectivity index (χ0n) is 18.3. The van der Waals surface area contributed by atoms with Crippen LogP contribution in [0, 0.1) is 0 Å². The molecule has 0 aromatic heterocycles. The molecule has 0 radical (unpaired) electrons. The first kappa shape index (κ1) is 21.6. The summed E-state index contributed by atoms with van der Waals surface area (Å²) in [5.74, 6) is 0.872. The highest BCUT2D eigenvalue weighted by Gasteiger charge is 2.15. The maximum Gasteiger partial charge on any atom is 0.199 e. The zero-order chi connectivity index (χ0) is 21.3. The lowest BCUT2D eigenvalue weighted by Crippen LogP contribution is -2.24. The molecule has 162 valence electrons. The number of hydrogen-bond acceptors (Lipinski definition) is 3. The summed E-state index contributed by atoms with van der Waals surface area (Å²) in [6.45, 7) is 3.62. The van der Waals surface area contributed by atoms with Crippen molar-refractivity contribution in [2.24, 2.45) is 0 Å². The van der Waals surface area contributed by atoms with Crippen LogP contribution in [-0.4, -0.2) is 19.0 Å². The van der Waals surface area contributed by atoms with Crippen LogP contribution in [0.2, 0.25) is 0 Å². The van der Waals surface area contributed by atoms with Gasteiger partial charge in [-0.3, -0.25) is 0 Å². The van der Waals surface area contributed by atoms with Gasteiger partial charge in [0.05, 0.1) is 19.3 Å². The Morgan fingerprint density at radius 1 is 0.839 bits per heavy atom. The van der Waals surface area contributed by atoms with E-state index in [0.29, 0.717) is 6.61 Å². The molecule has 4 rings (SSSR count). The van der Waals surface area contributed by atoms with Crippen LogP contribution in [0.4, 0.5) is 0 Å². The Kier molecular flexibility index (Phi) is 7.76. The van der Waals surface area contributed by atoms with Crippen molar-refractivity contribution in [3.8, 4) is 16.9 Å². The minimum Gasteiger partial charge on any atom is -0.465 e. The summed E-state index contributed by atoms with van der Waals surface area (Å²) < 4.78 is 17.6. The molecule has 2 unspecified atom stereocenters. The van der Waals surface area contributed by atoms with Gasteiger partial charge in [0.2, 0.25) is 0 Å². The van der Waals surface area contributed by atoms with Gasteiger partial charge in [-0.05, 0) is 67.0 Å². The Hall–Kier alpha value is -2.62. The monoisotopic (exact) mass is 416 g/mol. The molecule has 0 N–H and O–H groups in total.